The van der Waals surface area contributed by atoms with Gasteiger partial charge in [0.2, 0.25) is 5.89 Å². The highest BCUT2D eigenvalue weighted by Gasteiger charge is 2.22. The van der Waals surface area contributed by atoms with Gasteiger partial charge in [-0.2, -0.15) is 4.98 Å². The standard InChI is InChI=1S/C12H23N3O3PS/c1-3-4-5-6-7-8-11-14-12(18-15-11)9-20-19(16)17-10-13-2/h13H,3-10H2,1-2H3/q+1. The van der Waals surface area contributed by atoms with Gasteiger partial charge in [-0.3, -0.25) is 5.32 Å². The van der Waals surface area contributed by atoms with Crippen molar-refractivity contribution in [2.75, 3.05) is 13.8 Å². The summed E-state index contributed by atoms with van der Waals surface area (Å²) < 4.78 is 21.5. The van der Waals surface area contributed by atoms with Crippen LogP contribution in [0.2, 0.25) is 0 Å². The third kappa shape index (κ3) is 7.94. The lowest BCUT2D eigenvalue weighted by molar-refractivity contribution is 0.317. The smallest absolute Gasteiger partial charge is 0.338 e. The van der Waals surface area contributed by atoms with Crippen LogP contribution >= 0.6 is 18.6 Å². The molecule has 1 atom stereocenters. The molecule has 1 unspecified atom stereocenters. The zero-order valence-corrected chi connectivity index (χ0v) is 13.8. The fourth-order valence-electron chi connectivity index (χ4n) is 1.60. The molecule has 0 aliphatic carbocycles. The van der Waals surface area contributed by atoms with Crippen LogP contribution in [0.15, 0.2) is 4.52 Å². The summed E-state index contributed by atoms with van der Waals surface area (Å²) in [6.07, 6.45) is 6.94. The van der Waals surface area contributed by atoms with Crippen molar-refractivity contribution >= 4 is 18.6 Å². The van der Waals surface area contributed by atoms with Gasteiger partial charge in [0.15, 0.2) is 23.9 Å². The predicted molar refractivity (Wildman–Crippen MR) is 80.7 cm³/mol. The van der Waals surface area contributed by atoms with Crippen molar-refractivity contribution in [3.8, 4) is 0 Å². The minimum absolute atomic E-state index is 0.273. The quantitative estimate of drug-likeness (QED) is 0.358. The van der Waals surface area contributed by atoms with Crippen molar-refractivity contribution in [1.82, 2.24) is 15.5 Å². The Morgan fingerprint density at radius 2 is 2.15 bits per heavy atom. The average molecular weight is 320 g/mol. The van der Waals surface area contributed by atoms with Crippen LogP contribution in [0.5, 0.6) is 0 Å². The first-order valence-electron chi connectivity index (χ1n) is 6.95. The average Bonchev–Trinajstić information content (AvgIpc) is 2.90. The molecule has 6 nitrogen and oxygen atoms in total. The summed E-state index contributed by atoms with van der Waals surface area (Å²) in [4.78, 5) is 4.28. The summed E-state index contributed by atoms with van der Waals surface area (Å²) in [5, 5.41) is 6.69. The van der Waals surface area contributed by atoms with E-state index in [1.54, 1.807) is 7.05 Å². The lowest BCUT2D eigenvalue weighted by Crippen LogP contribution is -2.07. The Balaban J connectivity index is 2.17. The highest BCUT2D eigenvalue weighted by Crippen LogP contribution is 2.40. The predicted octanol–water partition coefficient (Wildman–Crippen LogP) is 3.67. The molecular weight excluding hydrogens is 297 g/mol. The zero-order valence-electron chi connectivity index (χ0n) is 12.1. The van der Waals surface area contributed by atoms with Gasteiger partial charge in [-0.25, -0.2) is 0 Å². The number of unbranched alkanes of at least 4 members (excludes halogenated alkanes) is 4. The van der Waals surface area contributed by atoms with E-state index in [1.165, 1.54) is 37.1 Å². The number of hydrogen-bond acceptors (Lipinski definition) is 7. The molecule has 0 saturated heterocycles. The molecule has 1 rings (SSSR count). The molecular formula is C12H23N3O3PS+. The van der Waals surface area contributed by atoms with E-state index >= 15 is 0 Å². The van der Waals surface area contributed by atoms with Gasteiger partial charge in [0.1, 0.15) is 5.75 Å². The maximum Gasteiger partial charge on any atom is 0.587 e. The summed E-state index contributed by atoms with van der Waals surface area (Å²) in [6.45, 7) is 2.48. The van der Waals surface area contributed by atoms with Gasteiger partial charge in [-0.15, -0.1) is 4.52 Å². The summed E-state index contributed by atoms with van der Waals surface area (Å²) >= 11 is 1.17. The number of nitrogens with zero attached hydrogens (tertiary/aromatic N) is 2. The molecule has 1 heterocycles. The van der Waals surface area contributed by atoms with Crippen molar-refractivity contribution in [2.24, 2.45) is 0 Å². The molecule has 0 aliphatic heterocycles. The molecule has 1 N–H and O–H groups in total. The third-order valence-electron chi connectivity index (χ3n) is 2.62. The summed E-state index contributed by atoms with van der Waals surface area (Å²) in [7, 11) is -0.00765. The first kappa shape index (κ1) is 17.6. The molecule has 0 bridgehead atoms. The SMILES string of the molecule is CCCCCCCc1noc(CS[P+](=O)OCNC)n1. The molecule has 0 radical (unpaired) electrons. The van der Waals surface area contributed by atoms with E-state index in [-0.39, 0.29) is 6.73 Å². The first-order chi connectivity index (χ1) is 9.76. The van der Waals surface area contributed by atoms with Gasteiger partial charge in [-0.1, -0.05) is 37.8 Å². The van der Waals surface area contributed by atoms with Crippen LogP contribution in [-0.4, -0.2) is 23.9 Å². The van der Waals surface area contributed by atoms with Crippen molar-refractivity contribution in [1.29, 1.82) is 0 Å². The third-order valence-corrected chi connectivity index (χ3v) is 4.88. The van der Waals surface area contributed by atoms with E-state index in [9.17, 15) is 4.57 Å². The number of aromatic nitrogens is 2. The van der Waals surface area contributed by atoms with Gasteiger partial charge in [-0.05, 0) is 18.0 Å². The van der Waals surface area contributed by atoms with Crippen LogP contribution < -0.4 is 5.32 Å². The topological polar surface area (TPSA) is 77.2 Å². The number of hydrogen-bond donors (Lipinski definition) is 1. The van der Waals surface area contributed by atoms with E-state index in [0.29, 0.717) is 11.6 Å². The van der Waals surface area contributed by atoms with Gasteiger partial charge in [0, 0.05) is 6.42 Å². The molecule has 114 valence electrons. The van der Waals surface area contributed by atoms with Gasteiger partial charge < -0.3 is 4.52 Å². The van der Waals surface area contributed by atoms with Crippen LogP contribution in [0.4, 0.5) is 0 Å². The van der Waals surface area contributed by atoms with Crippen LogP contribution in [0.3, 0.4) is 0 Å². The van der Waals surface area contributed by atoms with Crippen molar-refractivity contribution < 1.29 is 13.6 Å². The Morgan fingerprint density at radius 3 is 2.90 bits per heavy atom. The highest BCUT2D eigenvalue weighted by atomic mass is 32.7. The number of nitrogens with one attached hydrogen (secondary N) is 1. The molecule has 0 amide bonds. The summed E-state index contributed by atoms with van der Waals surface area (Å²) in [5.41, 5.74) is 0. The van der Waals surface area contributed by atoms with E-state index in [1.807, 2.05) is 0 Å². The second kappa shape index (κ2) is 11.2. The summed E-state index contributed by atoms with van der Waals surface area (Å²) in [6, 6.07) is 0. The molecule has 0 aromatic carbocycles. The van der Waals surface area contributed by atoms with Gasteiger partial charge in [0.05, 0.1) is 0 Å². The van der Waals surface area contributed by atoms with Crippen LogP contribution in [0.25, 0.3) is 0 Å². The minimum atomic E-state index is -1.74. The molecule has 0 aliphatic rings. The Kier molecular flexibility index (Phi) is 9.83. The number of rotatable bonds is 12. The van der Waals surface area contributed by atoms with Crippen LogP contribution in [-0.2, 0) is 21.3 Å². The van der Waals surface area contributed by atoms with Gasteiger partial charge >= 0.3 is 7.23 Å². The Labute approximate surface area is 125 Å². The minimum Gasteiger partial charge on any atom is -0.338 e. The molecule has 1 aromatic heterocycles. The van der Waals surface area contributed by atoms with Crippen molar-refractivity contribution in [3.05, 3.63) is 11.7 Å². The van der Waals surface area contributed by atoms with Crippen molar-refractivity contribution in [3.63, 3.8) is 0 Å². The second-order valence-electron chi connectivity index (χ2n) is 4.39. The fourth-order valence-corrected chi connectivity index (χ4v) is 3.27. The van der Waals surface area contributed by atoms with E-state index in [4.69, 9.17) is 9.05 Å². The number of aryl methyl sites for hydroxylation is 1. The Bertz CT molecular complexity index is 390. The zero-order chi connectivity index (χ0) is 14.6. The largest absolute Gasteiger partial charge is 0.587 e. The molecule has 20 heavy (non-hydrogen) atoms. The Hall–Kier alpha value is -0.490. The second-order valence-corrected chi connectivity index (χ2v) is 7.31. The van der Waals surface area contributed by atoms with Crippen LogP contribution in [0, 0.1) is 0 Å². The maximum atomic E-state index is 11.4. The summed E-state index contributed by atoms with van der Waals surface area (Å²) in [5.74, 6) is 1.67. The van der Waals surface area contributed by atoms with Gasteiger partial charge in [0.25, 0.3) is 0 Å². The van der Waals surface area contributed by atoms with E-state index < -0.39 is 7.23 Å². The molecule has 1 aromatic rings. The lowest BCUT2D eigenvalue weighted by Gasteiger charge is -1.95. The molecule has 0 spiro atoms. The highest BCUT2D eigenvalue weighted by molar-refractivity contribution is 8.49. The molecule has 0 fully saturated rings. The molecule has 8 heteroatoms. The normalized spacial score (nSPS) is 11.8. The lowest BCUT2D eigenvalue weighted by atomic mass is 10.1. The van der Waals surface area contributed by atoms with Crippen molar-refractivity contribution in [2.45, 2.75) is 51.2 Å². The monoisotopic (exact) mass is 320 g/mol. The van der Waals surface area contributed by atoms with E-state index in [2.05, 4.69) is 22.4 Å². The van der Waals surface area contributed by atoms with Crippen LogP contribution in [0.1, 0.15) is 50.7 Å². The van der Waals surface area contributed by atoms with E-state index in [0.717, 1.165) is 18.7 Å². The maximum absolute atomic E-state index is 11.4. The molecule has 0 saturated carbocycles. The first-order valence-corrected chi connectivity index (χ1v) is 9.72. The fraction of sp³-hybridized carbons (Fsp3) is 0.833. The Morgan fingerprint density at radius 1 is 1.35 bits per heavy atom.